The van der Waals surface area contributed by atoms with Crippen molar-refractivity contribution in [3.05, 3.63) is 34.5 Å². The highest BCUT2D eigenvalue weighted by Crippen LogP contribution is 2.45. The Hall–Kier alpha value is -2.87. The second-order valence-electron chi connectivity index (χ2n) is 9.01. The first-order valence-electron chi connectivity index (χ1n) is 11.3. The summed E-state index contributed by atoms with van der Waals surface area (Å²) in [5.74, 6) is 3.25. The minimum atomic E-state index is 0.317. The van der Waals surface area contributed by atoms with Gasteiger partial charge in [-0.05, 0) is 42.2 Å². The summed E-state index contributed by atoms with van der Waals surface area (Å²) in [6.45, 7) is 7.05. The molecule has 0 amide bonds. The maximum Gasteiger partial charge on any atom is 0.164 e. The maximum absolute atomic E-state index is 5.50. The van der Waals surface area contributed by atoms with Gasteiger partial charge < -0.3 is 14.2 Å². The number of fused-ring (bicyclic) bond motifs is 3. The molecule has 1 aromatic carbocycles. The van der Waals surface area contributed by atoms with E-state index in [1.807, 2.05) is 6.07 Å². The van der Waals surface area contributed by atoms with E-state index in [1.54, 1.807) is 51.3 Å². The minimum absolute atomic E-state index is 0.317. The molecule has 0 saturated heterocycles. The number of ether oxygens (including phenoxy) is 3. The van der Waals surface area contributed by atoms with E-state index in [2.05, 4.69) is 41.3 Å². The summed E-state index contributed by atoms with van der Waals surface area (Å²) in [4.78, 5) is 11.5. The molecule has 3 aromatic rings. The Morgan fingerprint density at radius 2 is 1.85 bits per heavy atom. The molecule has 33 heavy (non-hydrogen) atoms. The molecule has 0 saturated carbocycles. The molecule has 4 rings (SSSR count). The van der Waals surface area contributed by atoms with Crippen LogP contribution in [0.15, 0.2) is 23.6 Å². The van der Waals surface area contributed by atoms with Crippen molar-refractivity contribution in [2.75, 3.05) is 26.8 Å². The first kappa shape index (κ1) is 23.3. The number of methoxy groups -OCH3 is 3. The lowest BCUT2D eigenvalue weighted by Gasteiger charge is -2.36. The van der Waals surface area contributed by atoms with E-state index in [9.17, 15) is 0 Å². The summed E-state index contributed by atoms with van der Waals surface area (Å²) in [6.07, 6.45) is 7.88. The van der Waals surface area contributed by atoms with Crippen LogP contribution in [-0.4, -0.2) is 37.5 Å². The van der Waals surface area contributed by atoms with Crippen molar-refractivity contribution >= 4 is 33.6 Å². The van der Waals surface area contributed by atoms with Crippen molar-refractivity contribution in [3.63, 3.8) is 0 Å². The lowest BCUT2D eigenvalue weighted by molar-refractivity contribution is 0.184. The Kier molecular flexibility index (Phi) is 6.74. The van der Waals surface area contributed by atoms with Gasteiger partial charge in [-0.1, -0.05) is 27.2 Å². The monoisotopic (exact) mass is 468 g/mol. The van der Waals surface area contributed by atoms with Crippen molar-refractivity contribution in [2.24, 2.45) is 16.4 Å². The fourth-order valence-corrected chi connectivity index (χ4v) is 5.65. The number of aryl methyl sites for hydroxylation is 1. The molecule has 7 nitrogen and oxygen atoms in total. The van der Waals surface area contributed by atoms with Crippen LogP contribution in [0.1, 0.15) is 49.6 Å². The third-order valence-electron chi connectivity index (χ3n) is 6.97. The van der Waals surface area contributed by atoms with Gasteiger partial charge in [0.2, 0.25) is 0 Å². The Labute approximate surface area is 199 Å². The van der Waals surface area contributed by atoms with Crippen LogP contribution in [-0.2, 0) is 12.8 Å². The smallest absolute Gasteiger partial charge is 0.164 e. The Morgan fingerprint density at radius 1 is 1.12 bits per heavy atom. The van der Waals surface area contributed by atoms with E-state index >= 15 is 0 Å². The SMILES string of the molecule is CCC(C)(C)C1CCc2sc3ncnc(N/N=C/c4cc(OC)c(OC)cc4OC)c3c2C1. The molecule has 8 heteroatoms. The molecule has 176 valence electrons. The standard InChI is InChI=1S/C25H32N4O3S/c1-7-25(2,3)16-8-9-21-17(11-16)22-23(26-14-27-24(22)33-21)29-28-13-15-10-19(31-5)20(32-6)12-18(15)30-4/h10,12-14,16H,7-9,11H2,1-6H3,(H,26,27,29)/b28-13+. The summed E-state index contributed by atoms with van der Waals surface area (Å²) in [7, 11) is 4.82. The molecule has 0 spiro atoms. The van der Waals surface area contributed by atoms with Crippen LogP contribution in [0.3, 0.4) is 0 Å². The number of nitrogens with zero attached hydrogens (tertiary/aromatic N) is 3. The van der Waals surface area contributed by atoms with Crippen molar-refractivity contribution in [3.8, 4) is 17.2 Å². The zero-order valence-corrected chi connectivity index (χ0v) is 21.0. The zero-order chi connectivity index (χ0) is 23.6. The number of nitrogens with one attached hydrogen (secondary N) is 1. The molecule has 2 heterocycles. The van der Waals surface area contributed by atoms with Crippen LogP contribution in [0.25, 0.3) is 10.2 Å². The van der Waals surface area contributed by atoms with Crippen LogP contribution in [0.5, 0.6) is 17.2 Å². The van der Waals surface area contributed by atoms with Crippen LogP contribution in [0.4, 0.5) is 5.82 Å². The van der Waals surface area contributed by atoms with E-state index < -0.39 is 0 Å². The number of rotatable bonds is 8. The maximum atomic E-state index is 5.50. The molecule has 0 radical (unpaired) electrons. The highest BCUT2D eigenvalue weighted by Gasteiger charge is 2.33. The van der Waals surface area contributed by atoms with E-state index in [0.29, 0.717) is 28.6 Å². The van der Waals surface area contributed by atoms with Crippen LogP contribution < -0.4 is 19.6 Å². The van der Waals surface area contributed by atoms with Crippen molar-refractivity contribution in [1.82, 2.24) is 9.97 Å². The number of aromatic nitrogens is 2. The number of benzene rings is 1. The lowest BCUT2D eigenvalue weighted by atomic mass is 9.69. The van der Waals surface area contributed by atoms with Crippen LogP contribution in [0.2, 0.25) is 0 Å². The summed E-state index contributed by atoms with van der Waals surface area (Å²) >= 11 is 1.79. The number of thiophene rings is 1. The molecule has 0 bridgehead atoms. The number of anilines is 1. The quantitative estimate of drug-likeness (QED) is 0.337. The second-order valence-corrected chi connectivity index (χ2v) is 10.1. The van der Waals surface area contributed by atoms with Gasteiger partial charge in [0.25, 0.3) is 0 Å². The molecule has 0 aliphatic heterocycles. The van der Waals surface area contributed by atoms with Gasteiger partial charge in [-0.25, -0.2) is 9.97 Å². The second kappa shape index (κ2) is 9.55. The van der Waals surface area contributed by atoms with Crippen LogP contribution in [0, 0.1) is 11.3 Å². The fraction of sp³-hybridized carbons (Fsp3) is 0.480. The van der Waals surface area contributed by atoms with Gasteiger partial charge in [0.15, 0.2) is 17.3 Å². The number of hydrogen-bond acceptors (Lipinski definition) is 8. The van der Waals surface area contributed by atoms with Crippen molar-refractivity contribution < 1.29 is 14.2 Å². The predicted molar refractivity (Wildman–Crippen MR) is 134 cm³/mol. The van der Waals surface area contributed by atoms with Gasteiger partial charge in [-0.3, -0.25) is 5.43 Å². The van der Waals surface area contributed by atoms with Gasteiger partial charge in [0.05, 0.1) is 32.9 Å². The van der Waals surface area contributed by atoms with Crippen molar-refractivity contribution in [1.29, 1.82) is 0 Å². The van der Waals surface area contributed by atoms with E-state index in [1.165, 1.54) is 23.3 Å². The van der Waals surface area contributed by atoms with Crippen LogP contribution >= 0.6 is 11.3 Å². The normalized spacial score (nSPS) is 16.1. The van der Waals surface area contributed by atoms with Gasteiger partial charge in [0.1, 0.15) is 16.9 Å². The average molecular weight is 469 g/mol. The first-order valence-corrected chi connectivity index (χ1v) is 12.1. The van der Waals surface area contributed by atoms with Crippen molar-refractivity contribution in [2.45, 2.75) is 46.5 Å². The summed E-state index contributed by atoms with van der Waals surface area (Å²) in [5.41, 5.74) is 5.62. The third-order valence-corrected chi connectivity index (χ3v) is 8.17. The highest BCUT2D eigenvalue weighted by molar-refractivity contribution is 7.19. The van der Waals surface area contributed by atoms with Gasteiger partial charge >= 0.3 is 0 Å². The van der Waals surface area contributed by atoms with Gasteiger partial charge in [-0.15, -0.1) is 11.3 Å². The molecule has 0 fully saturated rings. The number of hydrogen-bond donors (Lipinski definition) is 1. The van der Waals surface area contributed by atoms with Gasteiger partial charge in [-0.2, -0.15) is 5.10 Å². The molecular formula is C25H32N4O3S. The molecule has 1 N–H and O–H groups in total. The molecule has 1 atom stereocenters. The topological polar surface area (TPSA) is 77.9 Å². The third kappa shape index (κ3) is 4.49. The van der Waals surface area contributed by atoms with E-state index in [0.717, 1.165) is 34.4 Å². The summed E-state index contributed by atoms with van der Waals surface area (Å²) < 4.78 is 16.3. The minimum Gasteiger partial charge on any atom is -0.496 e. The first-order chi connectivity index (χ1) is 15.9. The van der Waals surface area contributed by atoms with E-state index in [-0.39, 0.29) is 0 Å². The average Bonchev–Trinajstić information content (AvgIpc) is 3.22. The summed E-state index contributed by atoms with van der Waals surface area (Å²) in [6, 6.07) is 3.62. The predicted octanol–water partition coefficient (Wildman–Crippen LogP) is 5.70. The Bertz CT molecular complexity index is 1170. The molecular weight excluding hydrogens is 436 g/mol. The van der Waals surface area contributed by atoms with Gasteiger partial charge in [0, 0.05) is 16.5 Å². The molecule has 1 unspecified atom stereocenters. The molecule has 1 aliphatic carbocycles. The fourth-order valence-electron chi connectivity index (χ4n) is 4.47. The molecule has 2 aromatic heterocycles. The largest absolute Gasteiger partial charge is 0.496 e. The highest BCUT2D eigenvalue weighted by atomic mass is 32.1. The Morgan fingerprint density at radius 3 is 2.55 bits per heavy atom. The van der Waals surface area contributed by atoms with E-state index in [4.69, 9.17) is 14.2 Å². The lowest BCUT2D eigenvalue weighted by Crippen LogP contribution is -2.28. The molecule has 1 aliphatic rings. The summed E-state index contributed by atoms with van der Waals surface area (Å²) in [5, 5.41) is 5.58. The Balaban J connectivity index is 1.65. The zero-order valence-electron chi connectivity index (χ0n) is 20.2. The number of hydrazone groups is 1.